The van der Waals surface area contributed by atoms with E-state index < -0.39 is 0 Å². The van der Waals surface area contributed by atoms with Gasteiger partial charge in [0.2, 0.25) is 0 Å². The number of nitrogens with one attached hydrogen (secondary N) is 1. The van der Waals surface area contributed by atoms with Crippen LogP contribution < -0.4 is 11.1 Å². The summed E-state index contributed by atoms with van der Waals surface area (Å²) in [5.74, 6) is 1.59. The van der Waals surface area contributed by atoms with E-state index in [-0.39, 0.29) is 0 Å². The first-order valence-corrected chi connectivity index (χ1v) is 8.50. The Morgan fingerprint density at radius 3 is 2.42 bits per heavy atom. The molecule has 0 aromatic rings. The molecule has 1 rings (SSSR count). The van der Waals surface area contributed by atoms with Crippen LogP contribution in [0.15, 0.2) is 0 Å². The third-order valence-corrected chi connectivity index (χ3v) is 4.84. The van der Waals surface area contributed by atoms with Crippen molar-refractivity contribution in [2.75, 3.05) is 19.6 Å². The molecule has 19 heavy (non-hydrogen) atoms. The van der Waals surface area contributed by atoms with Gasteiger partial charge in [0.05, 0.1) is 0 Å². The van der Waals surface area contributed by atoms with Gasteiger partial charge in [-0.25, -0.2) is 0 Å². The van der Waals surface area contributed by atoms with Gasteiger partial charge in [0.25, 0.3) is 0 Å². The van der Waals surface area contributed by atoms with Gasteiger partial charge in [-0.1, -0.05) is 52.9 Å². The molecule has 2 atom stereocenters. The fourth-order valence-corrected chi connectivity index (χ4v) is 3.40. The van der Waals surface area contributed by atoms with E-state index in [9.17, 15) is 0 Å². The number of hydrogen-bond acceptors (Lipinski definition) is 2. The molecule has 1 saturated carbocycles. The third-order valence-electron chi connectivity index (χ3n) is 4.84. The lowest BCUT2D eigenvalue weighted by Gasteiger charge is -2.32. The van der Waals surface area contributed by atoms with Crippen LogP contribution in [0.4, 0.5) is 0 Å². The van der Waals surface area contributed by atoms with E-state index in [0.29, 0.717) is 5.41 Å². The number of rotatable bonds is 9. The molecule has 3 N–H and O–H groups in total. The predicted molar refractivity (Wildman–Crippen MR) is 85.3 cm³/mol. The molecule has 0 aromatic heterocycles. The molecule has 2 heteroatoms. The normalized spacial score (nSPS) is 24.6. The van der Waals surface area contributed by atoms with Crippen LogP contribution in [0.1, 0.15) is 72.1 Å². The minimum absolute atomic E-state index is 0.446. The van der Waals surface area contributed by atoms with Crippen molar-refractivity contribution in [3.8, 4) is 0 Å². The van der Waals surface area contributed by atoms with Crippen molar-refractivity contribution in [3.63, 3.8) is 0 Å². The highest BCUT2D eigenvalue weighted by molar-refractivity contribution is 4.79. The van der Waals surface area contributed by atoms with Gasteiger partial charge in [0, 0.05) is 6.54 Å². The van der Waals surface area contributed by atoms with Gasteiger partial charge in [0.1, 0.15) is 0 Å². The van der Waals surface area contributed by atoms with Crippen molar-refractivity contribution in [1.82, 2.24) is 5.32 Å². The maximum Gasteiger partial charge on any atom is 0.000263 e. The Labute approximate surface area is 120 Å². The summed E-state index contributed by atoms with van der Waals surface area (Å²) in [5, 5.41) is 3.73. The van der Waals surface area contributed by atoms with Crippen LogP contribution >= 0.6 is 0 Å². The monoisotopic (exact) mass is 268 g/mol. The van der Waals surface area contributed by atoms with E-state index in [4.69, 9.17) is 5.73 Å². The van der Waals surface area contributed by atoms with Crippen LogP contribution in [0.25, 0.3) is 0 Å². The Morgan fingerprint density at radius 2 is 1.79 bits per heavy atom. The second-order valence-electron chi connectivity index (χ2n) is 7.29. The van der Waals surface area contributed by atoms with E-state index in [1.165, 1.54) is 57.9 Å². The largest absolute Gasteiger partial charge is 0.330 e. The minimum atomic E-state index is 0.446. The second-order valence-corrected chi connectivity index (χ2v) is 7.29. The zero-order valence-corrected chi connectivity index (χ0v) is 13.5. The van der Waals surface area contributed by atoms with Crippen LogP contribution in [0.5, 0.6) is 0 Å². The highest BCUT2D eigenvalue weighted by Gasteiger charge is 2.24. The molecule has 0 spiro atoms. The lowest BCUT2D eigenvalue weighted by Crippen LogP contribution is -2.38. The standard InChI is InChI=1S/C17H36N2/c1-4-5-8-11-17(2,3)14-19-13-16-10-7-6-9-15(16)12-18/h15-16,19H,4-14,18H2,1-3H3. The summed E-state index contributed by atoms with van der Waals surface area (Å²) < 4.78 is 0. The summed E-state index contributed by atoms with van der Waals surface area (Å²) in [6, 6.07) is 0. The molecule has 0 heterocycles. The first-order valence-electron chi connectivity index (χ1n) is 8.50. The third kappa shape index (κ3) is 6.76. The molecule has 0 radical (unpaired) electrons. The van der Waals surface area contributed by atoms with Gasteiger partial charge in [-0.05, 0) is 49.6 Å². The summed E-state index contributed by atoms with van der Waals surface area (Å²) in [6.45, 7) is 10.3. The number of hydrogen-bond donors (Lipinski definition) is 2. The van der Waals surface area contributed by atoms with Crippen molar-refractivity contribution in [2.24, 2.45) is 23.0 Å². The molecule has 0 amide bonds. The Kier molecular flexibility index (Phi) is 8.01. The summed E-state index contributed by atoms with van der Waals surface area (Å²) in [4.78, 5) is 0. The first kappa shape index (κ1) is 17.0. The Hall–Kier alpha value is -0.0800. The Balaban J connectivity index is 2.20. The SMILES string of the molecule is CCCCCC(C)(C)CNCC1CCCCC1CN. The smallest absolute Gasteiger partial charge is 0.000263 e. The van der Waals surface area contributed by atoms with Crippen molar-refractivity contribution in [1.29, 1.82) is 0 Å². The summed E-state index contributed by atoms with van der Waals surface area (Å²) in [7, 11) is 0. The Morgan fingerprint density at radius 1 is 1.11 bits per heavy atom. The molecule has 2 unspecified atom stereocenters. The predicted octanol–water partition coefficient (Wildman–Crippen LogP) is 3.95. The van der Waals surface area contributed by atoms with Gasteiger partial charge in [0.15, 0.2) is 0 Å². The van der Waals surface area contributed by atoms with E-state index >= 15 is 0 Å². The van der Waals surface area contributed by atoms with Crippen LogP contribution in [-0.2, 0) is 0 Å². The highest BCUT2D eigenvalue weighted by Crippen LogP contribution is 2.29. The van der Waals surface area contributed by atoms with Gasteiger partial charge < -0.3 is 11.1 Å². The van der Waals surface area contributed by atoms with Crippen LogP contribution in [0, 0.1) is 17.3 Å². The number of nitrogens with two attached hydrogens (primary N) is 1. The topological polar surface area (TPSA) is 38.0 Å². The minimum Gasteiger partial charge on any atom is -0.330 e. The highest BCUT2D eigenvalue weighted by atomic mass is 14.9. The van der Waals surface area contributed by atoms with Crippen LogP contribution in [-0.4, -0.2) is 19.6 Å². The zero-order valence-electron chi connectivity index (χ0n) is 13.5. The molecule has 1 fully saturated rings. The number of unbranched alkanes of at least 4 members (excludes halogenated alkanes) is 2. The fourth-order valence-electron chi connectivity index (χ4n) is 3.40. The molecule has 0 saturated heterocycles. The van der Waals surface area contributed by atoms with Crippen molar-refractivity contribution >= 4 is 0 Å². The van der Waals surface area contributed by atoms with Gasteiger partial charge in [-0.3, -0.25) is 0 Å². The first-order chi connectivity index (χ1) is 9.09. The molecule has 2 nitrogen and oxygen atoms in total. The molecule has 114 valence electrons. The van der Waals surface area contributed by atoms with Gasteiger partial charge >= 0.3 is 0 Å². The second kappa shape index (κ2) is 8.97. The fraction of sp³-hybridized carbons (Fsp3) is 1.00. The maximum absolute atomic E-state index is 5.90. The van der Waals surface area contributed by atoms with Gasteiger partial charge in [-0.2, -0.15) is 0 Å². The molecule has 0 aromatic carbocycles. The van der Waals surface area contributed by atoms with E-state index in [0.717, 1.165) is 24.9 Å². The van der Waals surface area contributed by atoms with Crippen molar-refractivity contribution < 1.29 is 0 Å². The molecular weight excluding hydrogens is 232 g/mol. The quantitative estimate of drug-likeness (QED) is 0.621. The molecule has 0 aliphatic heterocycles. The van der Waals surface area contributed by atoms with Crippen molar-refractivity contribution in [3.05, 3.63) is 0 Å². The molecule has 1 aliphatic rings. The average Bonchev–Trinajstić information content (AvgIpc) is 2.39. The summed E-state index contributed by atoms with van der Waals surface area (Å²) >= 11 is 0. The van der Waals surface area contributed by atoms with E-state index in [1.54, 1.807) is 0 Å². The molecule has 0 bridgehead atoms. The zero-order chi connectivity index (χ0) is 14.1. The van der Waals surface area contributed by atoms with E-state index in [1.807, 2.05) is 0 Å². The molecule has 1 aliphatic carbocycles. The lowest BCUT2D eigenvalue weighted by molar-refractivity contribution is 0.220. The molecular formula is C17H36N2. The lowest BCUT2D eigenvalue weighted by atomic mass is 9.79. The van der Waals surface area contributed by atoms with Crippen LogP contribution in [0.2, 0.25) is 0 Å². The van der Waals surface area contributed by atoms with Crippen LogP contribution in [0.3, 0.4) is 0 Å². The Bertz CT molecular complexity index is 225. The van der Waals surface area contributed by atoms with Crippen molar-refractivity contribution in [2.45, 2.75) is 72.1 Å². The summed E-state index contributed by atoms with van der Waals surface area (Å²) in [6.07, 6.45) is 10.9. The van der Waals surface area contributed by atoms with E-state index in [2.05, 4.69) is 26.1 Å². The maximum atomic E-state index is 5.90. The van der Waals surface area contributed by atoms with Gasteiger partial charge in [-0.15, -0.1) is 0 Å². The summed E-state index contributed by atoms with van der Waals surface area (Å²) in [5.41, 5.74) is 6.35. The average molecular weight is 268 g/mol.